The van der Waals surface area contributed by atoms with Gasteiger partial charge in [0.15, 0.2) is 12.4 Å². The van der Waals surface area contributed by atoms with Gasteiger partial charge in [0.1, 0.15) is 4.90 Å². The molecular weight excluding hydrogens is 396 g/mol. The molecule has 0 saturated carbocycles. The molecule has 3 rings (SSSR count). The highest BCUT2D eigenvalue weighted by molar-refractivity contribution is 7.89. The van der Waals surface area contributed by atoms with Gasteiger partial charge in [0.2, 0.25) is 10.0 Å². The van der Waals surface area contributed by atoms with E-state index in [-0.39, 0.29) is 34.7 Å². The number of halogens is 1. The normalized spacial score (nSPS) is 17.2. The van der Waals surface area contributed by atoms with Crippen molar-refractivity contribution in [3.8, 4) is 0 Å². The van der Waals surface area contributed by atoms with Crippen LogP contribution in [0.4, 0.5) is 0 Å². The lowest BCUT2D eigenvalue weighted by Crippen LogP contribution is -2.32. The molecule has 1 unspecified atom stereocenters. The number of hydrogen-bond acceptors (Lipinski definition) is 7. The molecule has 0 radical (unpaired) electrons. The number of nitrogens with one attached hydrogen (secondary N) is 1. The van der Waals surface area contributed by atoms with E-state index < -0.39 is 16.0 Å². The Morgan fingerprint density at radius 1 is 1.41 bits per heavy atom. The number of hydrogen-bond donors (Lipinski definition) is 1. The Morgan fingerprint density at radius 3 is 2.89 bits per heavy atom. The van der Waals surface area contributed by atoms with Crippen LogP contribution in [0.1, 0.15) is 34.7 Å². The first kappa shape index (κ1) is 19.8. The largest absolute Gasteiger partial charge is 0.454 e. The van der Waals surface area contributed by atoms with Crippen LogP contribution in [0.3, 0.4) is 0 Å². The Balaban J connectivity index is 1.69. The number of carbonyl (C=O) groups is 1. The van der Waals surface area contributed by atoms with Crippen LogP contribution in [-0.4, -0.2) is 38.8 Å². The number of nitrogens with zero attached hydrogens (tertiary/aromatic N) is 1. The van der Waals surface area contributed by atoms with Crippen molar-refractivity contribution in [2.24, 2.45) is 0 Å². The van der Waals surface area contributed by atoms with E-state index in [0.717, 1.165) is 12.8 Å². The SMILES string of the molecule is Cc1cc(COC(=O)c2ccc(Cl)c(S(=O)(=O)NCC3CCCO3)c2)on1. The third kappa shape index (κ3) is 5.07. The molecule has 0 bridgehead atoms. The van der Waals surface area contributed by atoms with Crippen molar-refractivity contribution < 1.29 is 27.2 Å². The molecule has 1 aromatic heterocycles. The van der Waals surface area contributed by atoms with Crippen LogP contribution in [0.5, 0.6) is 0 Å². The number of aromatic nitrogens is 1. The molecule has 1 aliphatic heterocycles. The minimum atomic E-state index is -3.90. The lowest BCUT2D eigenvalue weighted by molar-refractivity contribution is 0.0437. The predicted octanol–water partition coefficient (Wildman–Crippen LogP) is 2.45. The molecule has 0 aliphatic carbocycles. The molecule has 1 saturated heterocycles. The summed E-state index contributed by atoms with van der Waals surface area (Å²) in [6, 6.07) is 5.57. The number of carbonyl (C=O) groups excluding carboxylic acids is 1. The van der Waals surface area contributed by atoms with Gasteiger partial charge in [0.05, 0.1) is 22.4 Å². The van der Waals surface area contributed by atoms with Crippen molar-refractivity contribution in [3.05, 3.63) is 46.3 Å². The minimum absolute atomic E-state index is 0.0113. The molecule has 2 aromatic rings. The second-order valence-electron chi connectivity index (χ2n) is 6.14. The molecule has 8 nitrogen and oxygen atoms in total. The van der Waals surface area contributed by atoms with Gasteiger partial charge in [-0.05, 0) is 38.0 Å². The van der Waals surface area contributed by atoms with E-state index >= 15 is 0 Å². The summed E-state index contributed by atoms with van der Waals surface area (Å²) in [7, 11) is -3.90. The number of sulfonamides is 1. The standard InChI is InChI=1S/C17H19ClN2O6S/c1-11-7-14(26-20-11)10-25-17(21)12-4-5-15(18)16(8-12)27(22,23)19-9-13-3-2-6-24-13/h4-5,7-8,13,19H,2-3,6,9-10H2,1H3. The Morgan fingerprint density at radius 2 is 2.22 bits per heavy atom. The van der Waals surface area contributed by atoms with Gasteiger partial charge in [0.25, 0.3) is 0 Å². The zero-order valence-electron chi connectivity index (χ0n) is 14.6. The molecule has 2 heterocycles. The molecule has 1 atom stereocenters. The minimum Gasteiger partial charge on any atom is -0.454 e. The Kier molecular flexibility index (Phi) is 6.15. The highest BCUT2D eigenvalue weighted by atomic mass is 35.5. The maximum atomic E-state index is 12.5. The summed E-state index contributed by atoms with van der Waals surface area (Å²) in [4.78, 5) is 12.0. The molecule has 0 spiro atoms. The third-order valence-corrected chi connectivity index (χ3v) is 5.91. The maximum absolute atomic E-state index is 12.5. The van der Waals surface area contributed by atoms with E-state index in [1.54, 1.807) is 13.0 Å². The van der Waals surface area contributed by atoms with E-state index in [4.69, 9.17) is 25.6 Å². The van der Waals surface area contributed by atoms with Gasteiger partial charge in [-0.2, -0.15) is 0 Å². The van der Waals surface area contributed by atoms with Crippen molar-refractivity contribution in [1.29, 1.82) is 0 Å². The van der Waals surface area contributed by atoms with Crippen LogP contribution in [0.25, 0.3) is 0 Å². The number of aryl methyl sites for hydroxylation is 1. The van der Waals surface area contributed by atoms with Gasteiger partial charge < -0.3 is 14.0 Å². The first-order chi connectivity index (χ1) is 12.8. The van der Waals surface area contributed by atoms with Crippen LogP contribution < -0.4 is 4.72 Å². The molecule has 1 N–H and O–H groups in total. The summed E-state index contributed by atoms with van der Waals surface area (Å²) in [5.41, 5.74) is 0.728. The molecule has 1 aliphatic rings. The molecule has 146 valence electrons. The Labute approximate surface area is 161 Å². The van der Waals surface area contributed by atoms with E-state index in [1.807, 2.05) is 0 Å². The molecule has 1 aromatic carbocycles. The second-order valence-corrected chi connectivity index (χ2v) is 8.29. The van der Waals surface area contributed by atoms with Gasteiger partial charge in [-0.15, -0.1) is 0 Å². The van der Waals surface area contributed by atoms with Gasteiger partial charge >= 0.3 is 5.97 Å². The lowest BCUT2D eigenvalue weighted by Gasteiger charge is -2.13. The highest BCUT2D eigenvalue weighted by Crippen LogP contribution is 2.24. The van der Waals surface area contributed by atoms with Crippen LogP contribution in [-0.2, 0) is 26.1 Å². The number of esters is 1. The topological polar surface area (TPSA) is 108 Å². The zero-order valence-corrected chi connectivity index (χ0v) is 16.2. The van der Waals surface area contributed by atoms with E-state index in [9.17, 15) is 13.2 Å². The molecular formula is C17H19ClN2O6S. The van der Waals surface area contributed by atoms with Crippen molar-refractivity contribution >= 4 is 27.6 Å². The van der Waals surface area contributed by atoms with Crippen molar-refractivity contribution in [2.45, 2.75) is 37.4 Å². The van der Waals surface area contributed by atoms with E-state index in [1.165, 1.54) is 18.2 Å². The van der Waals surface area contributed by atoms with Crippen molar-refractivity contribution in [2.75, 3.05) is 13.2 Å². The number of rotatable bonds is 7. The summed E-state index contributed by atoms with van der Waals surface area (Å²) in [6.45, 7) is 2.41. The quantitative estimate of drug-likeness (QED) is 0.693. The van der Waals surface area contributed by atoms with Crippen LogP contribution in [0.15, 0.2) is 33.7 Å². The van der Waals surface area contributed by atoms with Crippen molar-refractivity contribution in [1.82, 2.24) is 9.88 Å². The fourth-order valence-electron chi connectivity index (χ4n) is 2.63. The molecule has 1 fully saturated rings. The summed E-state index contributed by atoms with van der Waals surface area (Å²) in [6.07, 6.45) is 1.54. The first-order valence-corrected chi connectivity index (χ1v) is 10.2. The molecule has 10 heteroatoms. The Hall–Kier alpha value is -1.94. The van der Waals surface area contributed by atoms with E-state index in [0.29, 0.717) is 18.1 Å². The summed E-state index contributed by atoms with van der Waals surface area (Å²) in [5.74, 6) is -0.308. The van der Waals surface area contributed by atoms with Gasteiger partial charge in [-0.3, -0.25) is 0 Å². The van der Waals surface area contributed by atoms with Crippen LogP contribution >= 0.6 is 11.6 Å². The van der Waals surface area contributed by atoms with Crippen molar-refractivity contribution in [3.63, 3.8) is 0 Å². The third-order valence-electron chi connectivity index (χ3n) is 4.00. The predicted molar refractivity (Wildman–Crippen MR) is 96.0 cm³/mol. The average Bonchev–Trinajstić information content (AvgIpc) is 3.30. The monoisotopic (exact) mass is 414 g/mol. The van der Waals surface area contributed by atoms with Crippen LogP contribution in [0, 0.1) is 6.92 Å². The van der Waals surface area contributed by atoms with Gasteiger partial charge in [-0.1, -0.05) is 16.8 Å². The highest BCUT2D eigenvalue weighted by Gasteiger charge is 2.23. The summed E-state index contributed by atoms with van der Waals surface area (Å²) < 4.78 is 43.0. The Bertz CT molecular complexity index is 921. The maximum Gasteiger partial charge on any atom is 0.338 e. The fourth-order valence-corrected chi connectivity index (χ4v) is 4.22. The zero-order chi connectivity index (χ0) is 19.4. The molecule has 0 amide bonds. The first-order valence-electron chi connectivity index (χ1n) is 8.35. The van der Waals surface area contributed by atoms with Crippen LogP contribution in [0.2, 0.25) is 5.02 Å². The van der Waals surface area contributed by atoms with Gasteiger partial charge in [0, 0.05) is 19.2 Å². The van der Waals surface area contributed by atoms with Gasteiger partial charge in [-0.25, -0.2) is 17.9 Å². The fraction of sp³-hybridized carbons (Fsp3) is 0.412. The molecule has 27 heavy (non-hydrogen) atoms. The number of benzene rings is 1. The van der Waals surface area contributed by atoms with E-state index in [2.05, 4.69) is 9.88 Å². The lowest BCUT2D eigenvalue weighted by atomic mass is 10.2. The number of ether oxygens (including phenoxy) is 2. The summed E-state index contributed by atoms with van der Waals surface area (Å²) in [5, 5.41) is 3.71. The smallest absolute Gasteiger partial charge is 0.338 e. The second kappa shape index (κ2) is 8.39. The summed E-state index contributed by atoms with van der Waals surface area (Å²) >= 11 is 6.03. The average molecular weight is 415 g/mol.